The number of anilines is 3. The Morgan fingerprint density at radius 2 is 2.05 bits per heavy atom. The molecule has 1 amide bonds. The molecule has 1 aromatic carbocycles. The summed E-state index contributed by atoms with van der Waals surface area (Å²) in [5.41, 5.74) is 6.15. The number of hydrogen-bond donors (Lipinski definition) is 2. The molecular formula is C14H15FN4O. The van der Waals surface area contributed by atoms with Crippen molar-refractivity contribution in [2.24, 2.45) is 0 Å². The molecule has 0 radical (unpaired) electrons. The fourth-order valence-corrected chi connectivity index (χ4v) is 1.64. The molecule has 5 nitrogen and oxygen atoms in total. The number of nitrogens with two attached hydrogens (primary N) is 1. The molecule has 0 aliphatic rings. The van der Waals surface area contributed by atoms with Crippen molar-refractivity contribution in [3.63, 3.8) is 0 Å². The summed E-state index contributed by atoms with van der Waals surface area (Å²) < 4.78 is 13.6. The lowest BCUT2D eigenvalue weighted by Crippen LogP contribution is -2.15. The highest BCUT2D eigenvalue weighted by atomic mass is 19.1. The van der Waals surface area contributed by atoms with E-state index in [0.29, 0.717) is 5.69 Å². The molecule has 2 rings (SSSR count). The summed E-state index contributed by atoms with van der Waals surface area (Å²) in [4.78, 5) is 17.9. The van der Waals surface area contributed by atoms with E-state index in [4.69, 9.17) is 5.73 Å². The van der Waals surface area contributed by atoms with Gasteiger partial charge in [-0.05, 0) is 30.3 Å². The first-order valence-electron chi connectivity index (χ1n) is 5.97. The Morgan fingerprint density at radius 3 is 2.60 bits per heavy atom. The molecule has 0 fully saturated rings. The highest BCUT2D eigenvalue weighted by Gasteiger charge is 2.12. The minimum Gasteiger partial charge on any atom is -0.399 e. The fourth-order valence-electron chi connectivity index (χ4n) is 1.64. The van der Waals surface area contributed by atoms with Crippen molar-refractivity contribution in [2.45, 2.75) is 0 Å². The summed E-state index contributed by atoms with van der Waals surface area (Å²) in [5.74, 6) is -0.427. The SMILES string of the molecule is CN(C)c1ccc(NC(=O)c2ccc(N)cc2F)cn1. The van der Waals surface area contributed by atoms with Gasteiger partial charge in [0.05, 0.1) is 17.4 Å². The Labute approximate surface area is 116 Å². The molecule has 20 heavy (non-hydrogen) atoms. The minimum atomic E-state index is -0.652. The van der Waals surface area contributed by atoms with Crippen LogP contribution in [-0.2, 0) is 0 Å². The van der Waals surface area contributed by atoms with Crippen LogP contribution in [0.25, 0.3) is 0 Å². The number of hydrogen-bond acceptors (Lipinski definition) is 4. The number of amides is 1. The number of nitrogens with zero attached hydrogens (tertiary/aromatic N) is 2. The predicted molar refractivity (Wildman–Crippen MR) is 77.3 cm³/mol. The normalized spacial score (nSPS) is 10.2. The van der Waals surface area contributed by atoms with Crippen molar-refractivity contribution in [1.82, 2.24) is 4.98 Å². The fraction of sp³-hybridized carbons (Fsp3) is 0.143. The van der Waals surface area contributed by atoms with Gasteiger partial charge in [0.15, 0.2) is 0 Å². The molecule has 1 aromatic heterocycles. The molecule has 0 spiro atoms. The van der Waals surface area contributed by atoms with Crippen molar-refractivity contribution >= 4 is 23.1 Å². The molecule has 1 heterocycles. The van der Waals surface area contributed by atoms with Gasteiger partial charge in [0.2, 0.25) is 0 Å². The van der Waals surface area contributed by atoms with Crippen LogP contribution < -0.4 is 16.0 Å². The van der Waals surface area contributed by atoms with Crippen molar-refractivity contribution < 1.29 is 9.18 Å². The largest absolute Gasteiger partial charge is 0.399 e. The van der Waals surface area contributed by atoms with Crippen LogP contribution in [0.4, 0.5) is 21.6 Å². The molecule has 3 N–H and O–H groups in total. The molecule has 6 heteroatoms. The predicted octanol–water partition coefficient (Wildman–Crippen LogP) is 2.12. The number of nitrogens with one attached hydrogen (secondary N) is 1. The van der Waals surface area contributed by atoms with E-state index in [1.807, 2.05) is 19.0 Å². The van der Waals surface area contributed by atoms with Crippen molar-refractivity contribution in [3.05, 3.63) is 47.9 Å². The van der Waals surface area contributed by atoms with Gasteiger partial charge >= 0.3 is 0 Å². The molecule has 0 aliphatic heterocycles. The summed E-state index contributed by atoms with van der Waals surface area (Å²) >= 11 is 0. The number of carbonyl (C=O) groups excluding carboxylic acids is 1. The molecule has 2 aromatic rings. The van der Waals surface area contributed by atoms with Crippen LogP contribution in [0.3, 0.4) is 0 Å². The van der Waals surface area contributed by atoms with Crippen LogP contribution in [0.2, 0.25) is 0 Å². The van der Waals surface area contributed by atoms with E-state index in [0.717, 1.165) is 11.9 Å². The first kappa shape index (κ1) is 13.8. The third-order valence-electron chi connectivity index (χ3n) is 2.70. The number of pyridine rings is 1. The summed E-state index contributed by atoms with van der Waals surface area (Å²) in [5, 5.41) is 2.58. The number of nitrogen functional groups attached to an aromatic ring is 1. The van der Waals surface area contributed by atoms with Gasteiger partial charge in [-0.3, -0.25) is 4.79 Å². The van der Waals surface area contributed by atoms with E-state index >= 15 is 0 Å². The van der Waals surface area contributed by atoms with E-state index in [1.54, 1.807) is 12.1 Å². The molecule has 0 saturated heterocycles. The Bertz CT molecular complexity index is 626. The zero-order valence-corrected chi connectivity index (χ0v) is 11.2. The van der Waals surface area contributed by atoms with Crippen LogP contribution in [0, 0.1) is 5.82 Å². The molecular weight excluding hydrogens is 259 g/mol. The number of carbonyl (C=O) groups is 1. The van der Waals surface area contributed by atoms with Crippen molar-refractivity contribution in [3.8, 4) is 0 Å². The van der Waals surface area contributed by atoms with E-state index in [1.165, 1.54) is 18.3 Å². The lowest BCUT2D eigenvalue weighted by atomic mass is 10.2. The number of aromatic nitrogens is 1. The Kier molecular flexibility index (Phi) is 3.84. The van der Waals surface area contributed by atoms with Crippen molar-refractivity contribution in [2.75, 3.05) is 30.0 Å². The maximum Gasteiger partial charge on any atom is 0.258 e. The first-order valence-corrected chi connectivity index (χ1v) is 5.97. The van der Waals surface area contributed by atoms with Gasteiger partial charge in [0.25, 0.3) is 5.91 Å². The smallest absolute Gasteiger partial charge is 0.258 e. The maximum atomic E-state index is 13.6. The average Bonchev–Trinajstić information content (AvgIpc) is 2.39. The maximum absolute atomic E-state index is 13.6. The molecule has 0 unspecified atom stereocenters. The third kappa shape index (κ3) is 3.03. The first-order chi connectivity index (χ1) is 9.47. The highest BCUT2D eigenvalue weighted by molar-refractivity contribution is 6.04. The average molecular weight is 274 g/mol. The lowest BCUT2D eigenvalue weighted by molar-refractivity contribution is 0.102. The van der Waals surface area contributed by atoms with E-state index in [-0.39, 0.29) is 11.3 Å². The number of benzene rings is 1. The van der Waals surface area contributed by atoms with Crippen LogP contribution >= 0.6 is 0 Å². The van der Waals surface area contributed by atoms with Crippen LogP contribution in [-0.4, -0.2) is 25.0 Å². The summed E-state index contributed by atoms with van der Waals surface area (Å²) in [6, 6.07) is 7.40. The van der Waals surface area contributed by atoms with Crippen LogP contribution in [0.15, 0.2) is 36.5 Å². The number of halogens is 1. The van der Waals surface area contributed by atoms with Gasteiger partial charge in [-0.15, -0.1) is 0 Å². The molecule has 0 aliphatic carbocycles. The molecule has 0 atom stereocenters. The molecule has 104 valence electrons. The van der Waals surface area contributed by atoms with Crippen LogP contribution in [0.5, 0.6) is 0 Å². The second kappa shape index (κ2) is 5.56. The molecule has 0 bridgehead atoms. The standard InChI is InChI=1S/C14H15FN4O/c1-19(2)13-6-4-10(8-17-13)18-14(20)11-5-3-9(16)7-12(11)15/h3-8H,16H2,1-2H3,(H,18,20). The van der Waals surface area contributed by atoms with Crippen LogP contribution in [0.1, 0.15) is 10.4 Å². The monoisotopic (exact) mass is 274 g/mol. The Hall–Kier alpha value is -2.63. The zero-order valence-electron chi connectivity index (χ0n) is 11.2. The lowest BCUT2D eigenvalue weighted by Gasteiger charge is -2.11. The van der Waals surface area contributed by atoms with Gasteiger partial charge in [-0.1, -0.05) is 0 Å². The van der Waals surface area contributed by atoms with Crippen molar-refractivity contribution in [1.29, 1.82) is 0 Å². The Morgan fingerprint density at radius 1 is 1.30 bits per heavy atom. The third-order valence-corrected chi connectivity index (χ3v) is 2.70. The van der Waals surface area contributed by atoms with E-state index in [9.17, 15) is 9.18 Å². The van der Waals surface area contributed by atoms with Gasteiger partial charge in [0.1, 0.15) is 11.6 Å². The summed E-state index contributed by atoms with van der Waals surface area (Å²) in [6.45, 7) is 0. The second-order valence-electron chi connectivity index (χ2n) is 4.49. The second-order valence-corrected chi connectivity index (χ2v) is 4.49. The number of rotatable bonds is 3. The quantitative estimate of drug-likeness (QED) is 0.841. The highest BCUT2D eigenvalue weighted by Crippen LogP contribution is 2.16. The topological polar surface area (TPSA) is 71.2 Å². The summed E-state index contributed by atoms with van der Waals surface area (Å²) in [7, 11) is 3.73. The summed E-state index contributed by atoms with van der Waals surface area (Å²) in [6.07, 6.45) is 1.52. The van der Waals surface area contributed by atoms with Gasteiger partial charge in [-0.2, -0.15) is 0 Å². The van der Waals surface area contributed by atoms with Gasteiger partial charge < -0.3 is 16.0 Å². The Balaban J connectivity index is 2.15. The minimum absolute atomic E-state index is 0.0594. The van der Waals surface area contributed by atoms with Gasteiger partial charge in [0, 0.05) is 19.8 Å². The van der Waals surface area contributed by atoms with E-state index < -0.39 is 11.7 Å². The van der Waals surface area contributed by atoms with Gasteiger partial charge in [-0.25, -0.2) is 9.37 Å². The zero-order chi connectivity index (χ0) is 14.7. The molecule has 0 saturated carbocycles. The van der Waals surface area contributed by atoms with E-state index in [2.05, 4.69) is 10.3 Å².